The van der Waals surface area contributed by atoms with Crippen LogP contribution in [0.1, 0.15) is 25.7 Å². The molecule has 0 spiro atoms. The van der Waals surface area contributed by atoms with Crippen LogP contribution >= 0.6 is 11.3 Å². The lowest BCUT2D eigenvalue weighted by atomic mass is 10.2. The molecule has 2 aromatic heterocycles. The Morgan fingerprint density at radius 3 is 2.68 bits per heavy atom. The van der Waals surface area contributed by atoms with E-state index in [-0.39, 0.29) is 5.69 Å². The Hall–Kier alpha value is -3.39. The standard InChI is InChI=1S/C17H12N4O3S/c22-16(14-11-18-7-8-19-14)21-20-10-12-3-5-13(6-4-12)24-17(23)15-2-1-9-25-15/h1-11H,(H,21,22)/b20-10+. The number of carbonyl (C=O) groups excluding carboxylic acids is 2. The van der Waals surface area contributed by atoms with Crippen LogP contribution in [-0.4, -0.2) is 28.1 Å². The van der Waals surface area contributed by atoms with Crippen LogP contribution in [0.25, 0.3) is 0 Å². The Morgan fingerprint density at radius 1 is 1.16 bits per heavy atom. The number of benzene rings is 1. The van der Waals surface area contributed by atoms with Gasteiger partial charge in [0.05, 0.1) is 12.4 Å². The SMILES string of the molecule is O=C(N/N=C/c1ccc(OC(=O)c2cccs2)cc1)c1cnccn1. The minimum Gasteiger partial charge on any atom is -0.422 e. The van der Waals surface area contributed by atoms with Crippen molar-refractivity contribution in [2.45, 2.75) is 0 Å². The minimum absolute atomic E-state index is 0.176. The predicted molar refractivity (Wildman–Crippen MR) is 92.8 cm³/mol. The van der Waals surface area contributed by atoms with Gasteiger partial charge >= 0.3 is 5.97 Å². The first kappa shape index (κ1) is 16.5. The number of ether oxygens (including phenoxy) is 1. The first-order valence-electron chi connectivity index (χ1n) is 7.17. The second-order valence-corrected chi connectivity index (χ2v) is 5.67. The molecular formula is C17H12N4O3S. The van der Waals surface area contributed by atoms with Gasteiger partial charge in [-0.15, -0.1) is 11.3 Å². The Labute approximate surface area is 147 Å². The highest BCUT2D eigenvalue weighted by Gasteiger charge is 2.09. The number of thiophene rings is 1. The largest absolute Gasteiger partial charge is 0.422 e. The summed E-state index contributed by atoms with van der Waals surface area (Å²) in [5, 5.41) is 5.66. The average molecular weight is 352 g/mol. The van der Waals surface area contributed by atoms with Crippen LogP contribution in [0.15, 0.2) is 65.5 Å². The number of carbonyl (C=O) groups is 2. The highest BCUT2D eigenvalue weighted by atomic mass is 32.1. The zero-order valence-corrected chi connectivity index (χ0v) is 13.6. The highest BCUT2D eigenvalue weighted by Crippen LogP contribution is 2.16. The molecule has 0 radical (unpaired) electrons. The molecule has 3 aromatic rings. The molecule has 8 heteroatoms. The monoisotopic (exact) mass is 352 g/mol. The number of esters is 1. The fourth-order valence-corrected chi connectivity index (χ4v) is 2.41. The van der Waals surface area contributed by atoms with E-state index in [9.17, 15) is 9.59 Å². The van der Waals surface area contributed by atoms with Gasteiger partial charge in [-0.05, 0) is 41.3 Å². The zero-order valence-electron chi connectivity index (χ0n) is 12.8. The van der Waals surface area contributed by atoms with Gasteiger partial charge in [-0.25, -0.2) is 15.2 Å². The van der Waals surface area contributed by atoms with Crippen LogP contribution in [0.2, 0.25) is 0 Å². The van der Waals surface area contributed by atoms with Gasteiger partial charge < -0.3 is 4.74 Å². The second kappa shape index (κ2) is 7.93. The van der Waals surface area contributed by atoms with Crippen molar-refractivity contribution >= 4 is 29.4 Å². The Bertz CT molecular complexity index is 878. The molecule has 0 unspecified atom stereocenters. The molecule has 0 fully saturated rings. The van der Waals surface area contributed by atoms with Crippen LogP contribution < -0.4 is 10.2 Å². The summed E-state index contributed by atoms with van der Waals surface area (Å²) in [4.78, 5) is 31.8. The maximum atomic E-state index is 11.8. The molecule has 0 bridgehead atoms. The van der Waals surface area contributed by atoms with Crippen LogP contribution in [-0.2, 0) is 0 Å². The lowest BCUT2D eigenvalue weighted by molar-refractivity contribution is 0.0739. The molecule has 124 valence electrons. The van der Waals surface area contributed by atoms with Gasteiger partial charge in [0.25, 0.3) is 5.91 Å². The maximum Gasteiger partial charge on any atom is 0.353 e. The average Bonchev–Trinajstić information content (AvgIpc) is 3.19. The maximum absolute atomic E-state index is 11.8. The minimum atomic E-state index is -0.453. The number of hydrazone groups is 1. The molecule has 0 aliphatic rings. The summed E-state index contributed by atoms with van der Waals surface area (Å²) in [6.07, 6.45) is 5.72. The summed E-state index contributed by atoms with van der Waals surface area (Å²) in [7, 11) is 0. The normalized spacial score (nSPS) is 10.6. The fourth-order valence-electron chi connectivity index (χ4n) is 1.81. The third kappa shape index (κ3) is 4.55. The van der Waals surface area contributed by atoms with E-state index >= 15 is 0 Å². The quantitative estimate of drug-likeness (QED) is 0.330. The van der Waals surface area contributed by atoms with Gasteiger partial charge in [0.1, 0.15) is 16.3 Å². The first-order valence-corrected chi connectivity index (χ1v) is 8.05. The number of nitrogens with one attached hydrogen (secondary N) is 1. The van der Waals surface area contributed by atoms with Crippen LogP contribution in [0, 0.1) is 0 Å². The Kier molecular flexibility index (Phi) is 5.22. The van der Waals surface area contributed by atoms with Crippen LogP contribution in [0.3, 0.4) is 0 Å². The van der Waals surface area contributed by atoms with E-state index in [4.69, 9.17) is 4.74 Å². The smallest absolute Gasteiger partial charge is 0.353 e. The molecular weight excluding hydrogens is 340 g/mol. The van der Waals surface area contributed by atoms with Crippen molar-refractivity contribution in [2.75, 3.05) is 0 Å². The van der Waals surface area contributed by atoms with Gasteiger partial charge in [-0.2, -0.15) is 5.10 Å². The predicted octanol–water partition coefficient (Wildman–Crippen LogP) is 2.52. The first-order chi connectivity index (χ1) is 12.2. The summed E-state index contributed by atoms with van der Waals surface area (Å²) >= 11 is 1.32. The van der Waals surface area contributed by atoms with Crippen molar-refractivity contribution in [1.29, 1.82) is 0 Å². The van der Waals surface area contributed by atoms with Gasteiger partial charge in [0.15, 0.2) is 0 Å². The molecule has 0 aliphatic heterocycles. The van der Waals surface area contributed by atoms with E-state index in [0.717, 1.165) is 5.56 Å². The van der Waals surface area contributed by atoms with Crippen molar-refractivity contribution < 1.29 is 14.3 Å². The van der Waals surface area contributed by atoms with Gasteiger partial charge in [-0.3, -0.25) is 9.78 Å². The second-order valence-electron chi connectivity index (χ2n) is 4.73. The summed E-state index contributed by atoms with van der Waals surface area (Å²) in [5.41, 5.74) is 3.27. The molecule has 25 heavy (non-hydrogen) atoms. The van der Waals surface area contributed by atoms with E-state index in [2.05, 4.69) is 20.5 Å². The van der Waals surface area contributed by atoms with E-state index < -0.39 is 11.9 Å². The van der Waals surface area contributed by atoms with Crippen LogP contribution in [0.4, 0.5) is 0 Å². The van der Waals surface area contributed by atoms with Crippen LogP contribution in [0.5, 0.6) is 5.75 Å². The molecule has 1 aromatic carbocycles. The van der Waals surface area contributed by atoms with E-state index in [0.29, 0.717) is 10.6 Å². The molecule has 0 saturated heterocycles. The molecule has 1 N–H and O–H groups in total. The van der Waals surface area contributed by atoms with Crippen molar-refractivity contribution in [3.8, 4) is 5.75 Å². The van der Waals surface area contributed by atoms with Gasteiger partial charge in [-0.1, -0.05) is 6.07 Å². The van der Waals surface area contributed by atoms with E-state index in [1.165, 1.54) is 36.1 Å². The van der Waals surface area contributed by atoms with Gasteiger partial charge in [0, 0.05) is 12.4 Å². The molecule has 0 aliphatic carbocycles. The molecule has 7 nitrogen and oxygen atoms in total. The Balaban J connectivity index is 1.55. The third-order valence-corrected chi connectivity index (χ3v) is 3.84. The summed E-state index contributed by atoms with van der Waals surface area (Å²) in [6.45, 7) is 0. The summed E-state index contributed by atoms with van der Waals surface area (Å²) < 4.78 is 5.26. The number of hydrogen-bond acceptors (Lipinski definition) is 7. The Morgan fingerprint density at radius 2 is 2.00 bits per heavy atom. The number of aromatic nitrogens is 2. The summed E-state index contributed by atoms with van der Waals surface area (Å²) in [6, 6.07) is 10.2. The molecule has 3 rings (SSSR count). The number of rotatable bonds is 5. The van der Waals surface area contributed by atoms with Crippen molar-refractivity contribution in [3.05, 3.63) is 76.5 Å². The lowest BCUT2D eigenvalue weighted by Crippen LogP contribution is -2.19. The molecule has 2 heterocycles. The molecule has 1 amide bonds. The number of nitrogens with zero attached hydrogens (tertiary/aromatic N) is 3. The van der Waals surface area contributed by atoms with Crippen molar-refractivity contribution in [2.24, 2.45) is 5.10 Å². The highest BCUT2D eigenvalue weighted by molar-refractivity contribution is 7.12. The van der Waals surface area contributed by atoms with E-state index in [1.807, 2.05) is 5.38 Å². The number of amides is 1. The van der Waals surface area contributed by atoms with Crippen molar-refractivity contribution in [1.82, 2.24) is 15.4 Å². The molecule has 0 atom stereocenters. The summed E-state index contributed by atoms with van der Waals surface area (Å²) in [5.74, 6) is -0.419. The number of hydrogen-bond donors (Lipinski definition) is 1. The zero-order chi connectivity index (χ0) is 17.5. The van der Waals surface area contributed by atoms with Gasteiger partial charge in [0.2, 0.25) is 0 Å². The third-order valence-electron chi connectivity index (χ3n) is 2.99. The topological polar surface area (TPSA) is 93.5 Å². The lowest BCUT2D eigenvalue weighted by Gasteiger charge is -2.02. The fraction of sp³-hybridized carbons (Fsp3) is 0. The van der Waals surface area contributed by atoms with E-state index in [1.54, 1.807) is 36.4 Å². The van der Waals surface area contributed by atoms with Crippen molar-refractivity contribution in [3.63, 3.8) is 0 Å². The molecule has 0 saturated carbocycles.